The molecule has 0 aliphatic carbocycles. The average Bonchev–Trinajstić information content (AvgIpc) is 2.77. The number of hydrogen-bond donors (Lipinski definition) is 3. The predicted octanol–water partition coefficient (Wildman–Crippen LogP) is 2.16. The van der Waals surface area contributed by atoms with Gasteiger partial charge >= 0.3 is 0 Å². The Balaban J connectivity index is 1.62. The summed E-state index contributed by atoms with van der Waals surface area (Å²) in [5.74, 6) is -0.391. The van der Waals surface area contributed by atoms with Crippen molar-refractivity contribution >= 4 is 29.1 Å². The molecule has 7 nitrogen and oxygen atoms in total. The van der Waals surface area contributed by atoms with E-state index >= 15 is 0 Å². The van der Waals surface area contributed by atoms with Gasteiger partial charge in [-0.05, 0) is 30.7 Å². The zero-order valence-corrected chi connectivity index (χ0v) is 14.2. The summed E-state index contributed by atoms with van der Waals surface area (Å²) in [6.07, 6.45) is 0.263. The number of nitrogens with one attached hydrogen (secondary N) is 3. The second kappa shape index (κ2) is 7.69. The van der Waals surface area contributed by atoms with Gasteiger partial charge in [-0.3, -0.25) is 14.4 Å². The molecule has 0 saturated heterocycles. The van der Waals surface area contributed by atoms with E-state index in [0.717, 1.165) is 0 Å². The molecule has 134 valence electrons. The number of carbonyl (C=O) groups excluding carboxylic acids is 3. The highest BCUT2D eigenvalue weighted by molar-refractivity contribution is 6.10. The van der Waals surface area contributed by atoms with Crippen LogP contribution in [0.5, 0.6) is 5.75 Å². The van der Waals surface area contributed by atoms with E-state index in [2.05, 4.69) is 16.0 Å². The first kappa shape index (κ1) is 17.5. The van der Waals surface area contributed by atoms with E-state index < -0.39 is 6.04 Å². The average molecular weight is 353 g/mol. The van der Waals surface area contributed by atoms with Gasteiger partial charge in [0.05, 0.1) is 24.0 Å². The molecule has 0 spiro atoms. The van der Waals surface area contributed by atoms with Gasteiger partial charge in [0.25, 0.3) is 5.91 Å². The second-order valence-corrected chi connectivity index (χ2v) is 5.85. The number of carbonyl (C=O) groups is 3. The summed E-state index contributed by atoms with van der Waals surface area (Å²) in [5, 5.41) is 8.14. The molecule has 0 bridgehead atoms. The van der Waals surface area contributed by atoms with E-state index in [4.69, 9.17) is 4.74 Å². The number of hydrogen-bond acceptors (Lipinski definition) is 4. The highest BCUT2D eigenvalue weighted by Crippen LogP contribution is 2.23. The van der Waals surface area contributed by atoms with Gasteiger partial charge < -0.3 is 20.7 Å². The summed E-state index contributed by atoms with van der Waals surface area (Å²) in [6, 6.07) is 13.1. The Morgan fingerprint density at radius 3 is 2.65 bits per heavy atom. The minimum Gasteiger partial charge on any atom is -0.495 e. The van der Waals surface area contributed by atoms with Gasteiger partial charge in [-0.25, -0.2) is 0 Å². The summed E-state index contributed by atoms with van der Waals surface area (Å²) in [5.41, 5.74) is 1.43. The van der Waals surface area contributed by atoms with E-state index in [9.17, 15) is 14.4 Å². The number of anilines is 2. The van der Waals surface area contributed by atoms with Crippen LogP contribution in [0.3, 0.4) is 0 Å². The van der Waals surface area contributed by atoms with Crippen LogP contribution in [0.25, 0.3) is 0 Å². The van der Waals surface area contributed by atoms with Gasteiger partial charge in [0.15, 0.2) is 0 Å². The molecule has 3 rings (SSSR count). The molecule has 3 amide bonds. The Kier molecular flexibility index (Phi) is 5.17. The van der Waals surface area contributed by atoms with Crippen molar-refractivity contribution < 1.29 is 19.1 Å². The summed E-state index contributed by atoms with van der Waals surface area (Å²) < 4.78 is 5.19. The molecule has 3 N–H and O–H groups in total. The van der Waals surface area contributed by atoms with Crippen molar-refractivity contribution in [2.45, 2.75) is 18.9 Å². The molecule has 7 heteroatoms. The molecule has 26 heavy (non-hydrogen) atoms. The molecule has 0 fully saturated rings. The minimum absolute atomic E-state index is 0.0762. The standard InChI is InChI=1S/C19H19N3O4/c1-26-16-9-5-4-8-14(16)20-17(23)11-10-15-19(25)21-13-7-3-2-6-12(13)18(24)22-15/h2-9,15H,10-11H2,1H3,(H,20,23)(H,21,25)(H,22,24)/t15-/m0/s1. The van der Waals surface area contributed by atoms with E-state index in [1.54, 1.807) is 48.5 Å². The molecular formula is C19H19N3O4. The van der Waals surface area contributed by atoms with Gasteiger partial charge in [0, 0.05) is 6.42 Å². The van der Waals surface area contributed by atoms with Gasteiger partial charge in [-0.1, -0.05) is 24.3 Å². The van der Waals surface area contributed by atoms with Crippen molar-refractivity contribution in [1.82, 2.24) is 5.32 Å². The maximum absolute atomic E-state index is 12.3. The molecule has 0 saturated carbocycles. The molecule has 1 heterocycles. The smallest absolute Gasteiger partial charge is 0.254 e. The molecule has 2 aromatic rings. The molecule has 1 aliphatic heterocycles. The summed E-state index contributed by atoms with van der Waals surface area (Å²) in [7, 11) is 1.52. The highest BCUT2D eigenvalue weighted by atomic mass is 16.5. The molecule has 0 unspecified atom stereocenters. The Hall–Kier alpha value is -3.35. The van der Waals surface area contributed by atoms with E-state index in [1.807, 2.05) is 0 Å². The largest absolute Gasteiger partial charge is 0.495 e. The van der Waals surface area contributed by atoms with Crippen molar-refractivity contribution in [3.63, 3.8) is 0 Å². The van der Waals surface area contributed by atoms with Crippen molar-refractivity contribution in [1.29, 1.82) is 0 Å². The van der Waals surface area contributed by atoms with Crippen LogP contribution in [0, 0.1) is 0 Å². The van der Waals surface area contributed by atoms with Crippen LogP contribution >= 0.6 is 0 Å². The fraction of sp³-hybridized carbons (Fsp3) is 0.211. The third-order valence-electron chi connectivity index (χ3n) is 4.09. The fourth-order valence-electron chi connectivity index (χ4n) is 2.75. The first-order valence-electron chi connectivity index (χ1n) is 8.22. The molecule has 0 radical (unpaired) electrons. The highest BCUT2D eigenvalue weighted by Gasteiger charge is 2.27. The van der Waals surface area contributed by atoms with Crippen LogP contribution in [-0.2, 0) is 9.59 Å². The van der Waals surface area contributed by atoms with Gasteiger partial charge in [-0.2, -0.15) is 0 Å². The Morgan fingerprint density at radius 2 is 1.85 bits per heavy atom. The van der Waals surface area contributed by atoms with Crippen LogP contribution < -0.4 is 20.7 Å². The van der Waals surface area contributed by atoms with Crippen LogP contribution in [0.15, 0.2) is 48.5 Å². The normalized spacial score (nSPS) is 16.0. The number of benzene rings is 2. The monoisotopic (exact) mass is 353 g/mol. The zero-order chi connectivity index (χ0) is 18.5. The zero-order valence-electron chi connectivity index (χ0n) is 14.2. The molecule has 0 aromatic heterocycles. The third-order valence-corrected chi connectivity index (χ3v) is 4.09. The van der Waals surface area contributed by atoms with Gasteiger partial charge in [0.1, 0.15) is 11.8 Å². The lowest BCUT2D eigenvalue weighted by Crippen LogP contribution is -2.41. The van der Waals surface area contributed by atoms with E-state index in [-0.39, 0.29) is 30.6 Å². The maximum Gasteiger partial charge on any atom is 0.254 e. The van der Waals surface area contributed by atoms with Crippen molar-refractivity contribution in [3.8, 4) is 5.75 Å². The number of fused-ring (bicyclic) bond motifs is 1. The molecule has 1 aliphatic rings. The summed E-state index contributed by atoms with van der Waals surface area (Å²) in [4.78, 5) is 36.8. The minimum atomic E-state index is -0.779. The van der Waals surface area contributed by atoms with Crippen molar-refractivity contribution in [2.75, 3.05) is 17.7 Å². The quantitative estimate of drug-likeness (QED) is 0.767. The Bertz CT molecular complexity index is 850. The third kappa shape index (κ3) is 3.83. The lowest BCUT2D eigenvalue weighted by Gasteiger charge is -2.15. The van der Waals surface area contributed by atoms with Crippen LogP contribution in [-0.4, -0.2) is 30.9 Å². The predicted molar refractivity (Wildman–Crippen MR) is 97.2 cm³/mol. The first-order chi connectivity index (χ1) is 12.6. The van der Waals surface area contributed by atoms with Crippen LogP contribution in [0.1, 0.15) is 23.2 Å². The molecule has 2 aromatic carbocycles. The summed E-state index contributed by atoms with van der Waals surface area (Å²) >= 11 is 0. The van der Waals surface area contributed by atoms with Crippen LogP contribution in [0.2, 0.25) is 0 Å². The Labute approximate surface area is 150 Å². The lowest BCUT2D eigenvalue weighted by molar-refractivity contribution is -0.118. The van der Waals surface area contributed by atoms with Gasteiger partial charge in [0.2, 0.25) is 11.8 Å². The molecule has 1 atom stereocenters. The maximum atomic E-state index is 12.3. The Morgan fingerprint density at radius 1 is 1.12 bits per heavy atom. The topological polar surface area (TPSA) is 96.5 Å². The van der Waals surface area contributed by atoms with Gasteiger partial charge in [-0.15, -0.1) is 0 Å². The SMILES string of the molecule is COc1ccccc1NC(=O)CC[C@@H]1NC(=O)c2ccccc2NC1=O. The van der Waals surface area contributed by atoms with Crippen LogP contribution in [0.4, 0.5) is 11.4 Å². The summed E-state index contributed by atoms with van der Waals surface area (Å²) in [6.45, 7) is 0. The number of para-hydroxylation sites is 3. The second-order valence-electron chi connectivity index (χ2n) is 5.85. The number of rotatable bonds is 5. The number of methoxy groups -OCH3 is 1. The van der Waals surface area contributed by atoms with E-state index in [0.29, 0.717) is 22.7 Å². The molecular weight excluding hydrogens is 334 g/mol. The van der Waals surface area contributed by atoms with Crippen molar-refractivity contribution in [3.05, 3.63) is 54.1 Å². The van der Waals surface area contributed by atoms with E-state index in [1.165, 1.54) is 7.11 Å². The lowest BCUT2D eigenvalue weighted by atomic mass is 10.1. The number of amides is 3. The number of ether oxygens (including phenoxy) is 1. The fourth-order valence-corrected chi connectivity index (χ4v) is 2.75. The van der Waals surface area contributed by atoms with Crippen molar-refractivity contribution in [2.24, 2.45) is 0 Å². The first-order valence-corrected chi connectivity index (χ1v) is 8.22.